The van der Waals surface area contributed by atoms with Gasteiger partial charge < -0.3 is 24.8 Å². The number of hydrogen-bond donors (Lipinski definition) is 2. The Morgan fingerprint density at radius 2 is 2.22 bits per heavy atom. The highest BCUT2D eigenvalue weighted by Gasteiger charge is 2.33. The third kappa shape index (κ3) is 4.39. The summed E-state index contributed by atoms with van der Waals surface area (Å²) < 4.78 is 25.6. The molecule has 9 heteroatoms. The van der Waals surface area contributed by atoms with E-state index >= 15 is 0 Å². The second kappa shape index (κ2) is 9.13. The monoisotopic (exact) mass is 457 g/mol. The number of hydrogen-bond acceptors (Lipinski definition) is 7. The Morgan fingerprint density at radius 1 is 1.41 bits per heavy atom. The summed E-state index contributed by atoms with van der Waals surface area (Å²) >= 11 is 1.49. The standard InChI is InChI=1S/C23H24FN3O4S/c1-13(2)31-20-8-7-15(9-18(20)24)26-22(29)17-5-4-6-19-21(17)30-12-16(11-28)27(19)23-25-10-14(3)32-23/h4-10,13,16,28H,11-12H2,1-3H3,(H,26,29). The number of amides is 1. The molecular formula is C23H24FN3O4S. The van der Waals surface area contributed by atoms with Crippen LogP contribution in [0.5, 0.6) is 11.5 Å². The third-order valence-electron chi connectivity index (χ3n) is 4.86. The van der Waals surface area contributed by atoms with Crippen LogP contribution < -0.4 is 19.7 Å². The van der Waals surface area contributed by atoms with Crippen molar-refractivity contribution in [1.82, 2.24) is 4.98 Å². The number of aromatic nitrogens is 1. The smallest absolute Gasteiger partial charge is 0.259 e. The molecule has 3 aromatic rings. The zero-order chi connectivity index (χ0) is 22.8. The van der Waals surface area contributed by atoms with Gasteiger partial charge in [-0.2, -0.15) is 0 Å². The van der Waals surface area contributed by atoms with Crippen LogP contribution in [0.3, 0.4) is 0 Å². The van der Waals surface area contributed by atoms with E-state index in [-0.39, 0.29) is 31.1 Å². The number of benzene rings is 2. The summed E-state index contributed by atoms with van der Waals surface area (Å²) in [5.41, 5.74) is 1.25. The highest BCUT2D eigenvalue weighted by Crippen LogP contribution is 2.42. The maximum atomic E-state index is 14.3. The molecule has 2 N–H and O–H groups in total. The number of nitrogens with zero attached hydrogens (tertiary/aromatic N) is 2. The van der Waals surface area contributed by atoms with Gasteiger partial charge in [0, 0.05) is 22.8 Å². The van der Waals surface area contributed by atoms with E-state index in [4.69, 9.17) is 9.47 Å². The molecule has 2 heterocycles. The number of carbonyl (C=O) groups excluding carboxylic acids is 1. The number of aliphatic hydroxyl groups excluding tert-OH is 1. The molecule has 7 nitrogen and oxygen atoms in total. The van der Waals surface area contributed by atoms with Crippen molar-refractivity contribution in [2.45, 2.75) is 32.9 Å². The summed E-state index contributed by atoms with van der Waals surface area (Å²) in [4.78, 5) is 20.4. The normalized spacial score (nSPS) is 15.3. The molecule has 1 aliphatic heterocycles. The zero-order valence-corrected chi connectivity index (χ0v) is 18.8. The number of carbonyl (C=O) groups is 1. The first-order valence-electron chi connectivity index (χ1n) is 10.2. The first kappa shape index (κ1) is 22.0. The summed E-state index contributed by atoms with van der Waals surface area (Å²) in [5, 5.41) is 13.3. The summed E-state index contributed by atoms with van der Waals surface area (Å²) in [7, 11) is 0. The molecule has 0 aliphatic carbocycles. The fourth-order valence-corrected chi connectivity index (χ4v) is 4.31. The van der Waals surface area contributed by atoms with Crippen LogP contribution in [0, 0.1) is 12.7 Å². The third-order valence-corrected chi connectivity index (χ3v) is 5.77. The van der Waals surface area contributed by atoms with E-state index in [0.717, 1.165) is 4.88 Å². The zero-order valence-electron chi connectivity index (χ0n) is 18.0. The Balaban J connectivity index is 1.63. The van der Waals surface area contributed by atoms with Crippen LogP contribution >= 0.6 is 11.3 Å². The van der Waals surface area contributed by atoms with Crippen LogP contribution in [0.2, 0.25) is 0 Å². The molecule has 0 spiro atoms. The summed E-state index contributed by atoms with van der Waals surface area (Å²) in [6.07, 6.45) is 1.60. The SMILES string of the molecule is Cc1cnc(N2c3cccc(C(=O)Nc4ccc(OC(C)C)c(F)c4)c3OCC2CO)s1. The van der Waals surface area contributed by atoms with E-state index in [0.29, 0.717) is 27.8 Å². The summed E-state index contributed by atoms with van der Waals surface area (Å²) in [5.74, 6) is -0.471. The van der Waals surface area contributed by atoms with Crippen molar-refractivity contribution in [2.75, 3.05) is 23.4 Å². The van der Waals surface area contributed by atoms with Gasteiger partial charge in [0.1, 0.15) is 6.61 Å². The van der Waals surface area contributed by atoms with Crippen molar-refractivity contribution in [2.24, 2.45) is 0 Å². The number of halogens is 1. The number of rotatable bonds is 6. The van der Waals surface area contributed by atoms with E-state index in [9.17, 15) is 14.3 Å². The molecule has 2 aromatic carbocycles. The fourth-order valence-electron chi connectivity index (χ4n) is 3.47. The first-order chi connectivity index (χ1) is 15.4. The van der Waals surface area contributed by atoms with Gasteiger partial charge in [-0.1, -0.05) is 6.07 Å². The average Bonchev–Trinajstić information content (AvgIpc) is 3.19. The van der Waals surface area contributed by atoms with E-state index in [1.807, 2.05) is 31.7 Å². The second-order valence-corrected chi connectivity index (χ2v) is 8.90. The molecule has 4 rings (SSSR count). The van der Waals surface area contributed by atoms with Crippen LogP contribution in [0.1, 0.15) is 29.1 Å². The molecular weight excluding hydrogens is 433 g/mol. The van der Waals surface area contributed by atoms with Crippen molar-refractivity contribution < 1.29 is 23.8 Å². The van der Waals surface area contributed by atoms with Crippen LogP contribution in [-0.4, -0.2) is 41.4 Å². The lowest BCUT2D eigenvalue weighted by molar-refractivity contribution is 0.102. The summed E-state index contributed by atoms with van der Waals surface area (Å²) in [6, 6.07) is 9.17. The van der Waals surface area contributed by atoms with Crippen LogP contribution in [0.25, 0.3) is 0 Å². The lowest BCUT2D eigenvalue weighted by Gasteiger charge is -2.36. The minimum absolute atomic E-state index is 0.126. The maximum Gasteiger partial charge on any atom is 0.259 e. The number of aryl methyl sites for hydroxylation is 1. The Kier molecular flexibility index (Phi) is 6.29. The van der Waals surface area contributed by atoms with E-state index in [1.54, 1.807) is 24.4 Å². The van der Waals surface area contributed by atoms with Crippen LogP contribution in [0.15, 0.2) is 42.6 Å². The fraction of sp³-hybridized carbons (Fsp3) is 0.304. The van der Waals surface area contributed by atoms with Gasteiger partial charge in [-0.05, 0) is 45.0 Å². The van der Waals surface area contributed by atoms with Gasteiger partial charge in [0.15, 0.2) is 22.4 Å². The molecule has 0 bridgehead atoms. The number of anilines is 3. The average molecular weight is 458 g/mol. The minimum atomic E-state index is -0.557. The number of ether oxygens (including phenoxy) is 2. The molecule has 1 unspecified atom stereocenters. The molecule has 1 aliphatic rings. The molecule has 1 aromatic heterocycles. The molecule has 32 heavy (non-hydrogen) atoms. The second-order valence-electron chi connectivity index (χ2n) is 7.69. The van der Waals surface area contributed by atoms with Crippen LogP contribution in [0.4, 0.5) is 20.9 Å². The Labute approximate surface area is 189 Å². The van der Waals surface area contributed by atoms with Gasteiger partial charge in [0.05, 0.1) is 30.0 Å². The van der Waals surface area contributed by atoms with Gasteiger partial charge >= 0.3 is 0 Å². The van der Waals surface area contributed by atoms with Crippen molar-refractivity contribution in [1.29, 1.82) is 0 Å². The number of nitrogens with one attached hydrogen (secondary N) is 1. The van der Waals surface area contributed by atoms with Crippen molar-refractivity contribution in [3.63, 3.8) is 0 Å². The number of para-hydroxylation sites is 1. The van der Waals surface area contributed by atoms with E-state index in [2.05, 4.69) is 10.3 Å². The number of fused-ring (bicyclic) bond motifs is 1. The largest absolute Gasteiger partial charge is 0.488 e. The Hall–Kier alpha value is -3.17. The highest BCUT2D eigenvalue weighted by atomic mass is 32.1. The lowest BCUT2D eigenvalue weighted by Crippen LogP contribution is -2.42. The molecule has 0 saturated heterocycles. The predicted octanol–water partition coefficient (Wildman–Crippen LogP) is 4.52. The van der Waals surface area contributed by atoms with Gasteiger partial charge in [-0.3, -0.25) is 4.79 Å². The Morgan fingerprint density at radius 3 is 2.88 bits per heavy atom. The van der Waals surface area contributed by atoms with E-state index < -0.39 is 11.7 Å². The first-order valence-corrected chi connectivity index (χ1v) is 11.0. The Bertz CT molecular complexity index is 1130. The van der Waals surface area contributed by atoms with Crippen molar-refractivity contribution in [3.05, 3.63) is 58.9 Å². The van der Waals surface area contributed by atoms with Gasteiger partial charge in [0.2, 0.25) is 0 Å². The summed E-state index contributed by atoms with van der Waals surface area (Å²) in [6.45, 7) is 5.65. The van der Waals surface area contributed by atoms with Crippen molar-refractivity contribution in [3.8, 4) is 11.5 Å². The van der Waals surface area contributed by atoms with Gasteiger partial charge in [0.25, 0.3) is 5.91 Å². The maximum absolute atomic E-state index is 14.3. The molecule has 0 radical (unpaired) electrons. The van der Waals surface area contributed by atoms with Crippen molar-refractivity contribution >= 4 is 33.8 Å². The van der Waals surface area contributed by atoms with Crippen LogP contribution in [-0.2, 0) is 0 Å². The predicted molar refractivity (Wildman–Crippen MR) is 122 cm³/mol. The van der Waals surface area contributed by atoms with E-state index in [1.165, 1.54) is 23.5 Å². The molecule has 0 fully saturated rings. The number of aliphatic hydroxyl groups is 1. The van der Waals surface area contributed by atoms with Gasteiger partial charge in [-0.15, -0.1) is 11.3 Å². The quantitative estimate of drug-likeness (QED) is 0.566. The lowest BCUT2D eigenvalue weighted by atomic mass is 10.1. The molecule has 1 amide bonds. The number of thiazole rings is 1. The molecule has 1 atom stereocenters. The molecule has 0 saturated carbocycles. The minimum Gasteiger partial charge on any atom is -0.488 e. The highest BCUT2D eigenvalue weighted by molar-refractivity contribution is 7.15. The topological polar surface area (TPSA) is 83.9 Å². The molecule has 168 valence electrons. The van der Waals surface area contributed by atoms with Gasteiger partial charge in [-0.25, -0.2) is 9.37 Å².